The van der Waals surface area contributed by atoms with Crippen LogP contribution in [0.25, 0.3) is 0 Å². The van der Waals surface area contributed by atoms with Crippen LogP contribution >= 0.6 is 11.3 Å². The van der Waals surface area contributed by atoms with Gasteiger partial charge in [-0.2, -0.15) is 0 Å². The summed E-state index contributed by atoms with van der Waals surface area (Å²) in [7, 11) is 0. The van der Waals surface area contributed by atoms with E-state index in [0.29, 0.717) is 0 Å². The molecular weight excluding hydrogens is 218 g/mol. The minimum absolute atomic E-state index is 0.880. The zero-order valence-electron chi connectivity index (χ0n) is 9.31. The maximum atomic E-state index is 4.28. The number of nitrogens with one attached hydrogen (secondary N) is 1. The summed E-state index contributed by atoms with van der Waals surface area (Å²) < 4.78 is 0. The average Bonchev–Trinajstić information content (AvgIpc) is 2.80. The molecular formula is C12H15N3S. The number of nitrogens with zero attached hydrogens (tertiary/aromatic N) is 2. The Morgan fingerprint density at radius 2 is 2.19 bits per heavy atom. The molecule has 0 radical (unpaired) electrons. The average molecular weight is 233 g/mol. The van der Waals surface area contributed by atoms with Crippen molar-refractivity contribution in [3.8, 4) is 0 Å². The van der Waals surface area contributed by atoms with Gasteiger partial charge < -0.3 is 5.32 Å². The van der Waals surface area contributed by atoms with Crippen molar-refractivity contribution in [2.24, 2.45) is 0 Å². The number of hydrogen-bond donors (Lipinski definition) is 1. The van der Waals surface area contributed by atoms with Gasteiger partial charge in [0, 0.05) is 36.9 Å². The van der Waals surface area contributed by atoms with E-state index in [1.807, 2.05) is 24.0 Å². The minimum atomic E-state index is 0.880. The number of hydrogen-bond acceptors (Lipinski definition) is 4. The molecule has 0 fully saturated rings. The summed E-state index contributed by atoms with van der Waals surface area (Å²) in [5, 5.41) is 6.44. The summed E-state index contributed by atoms with van der Waals surface area (Å²) in [5.74, 6) is 0. The zero-order chi connectivity index (χ0) is 11.2. The molecule has 2 rings (SSSR count). The SMILES string of the molecule is CCNCc1cncc(Cc2nccs2)c1. The Morgan fingerprint density at radius 1 is 1.31 bits per heavy atom. The molecule has 0 aliphatic rings. The summed E-state index contributed by atoms with van der Waals surface area (Å²) in [6.45, 7) is 3.97. The Bertz CT molecular complexity index is 426. The largest absolute Gasteiger partial charge is 0.313 e. The van der Waals surface area contributed by atoms with E-state index in [-0.39, 0.29) is 0 Å². The smallest absolute Gasteiger partial charge is 0.0969 e. The van der Waals surface area contributed by atoms with Crippen LogP contribution in [-0.4, -0.2) is 16.5 Å². The van der Waals surface area contributed by atoms with Crippen molar-refractivity contribution in [3.05, 3.63) is 46.2 Å². The Balaban J connectivity index is 2.04. The third-order valence-corrected chi connectivity index (χ3v) is 3.05. The fourth-order valence-corrected chi connectivity index (χ4v) is 2.17. The minimum Gasteiger partial charge on any atom is -0.313 e. The van der Waals surface area contributed by atoms with Gasteiger partial charge in [0.05, 0.1) is 5.01 Å². The molecule has 0 saturated carbocycles. The molecule has 4 heteroatoms. The van der Waals surface area contributed by atoms with Gasteiger partial charge in [-0.15, -0.1) is 11.3 Å². The van der Waals surface area contributed by atoms with Gasteiger partial charge in [0.25, 0.3) is 0 Å². The monoisotopic (exact) mass is 233 g/mol. The Labute approximate surface area is 99.6 Å². The second-order valence-electron chi connectivity index (χ2n) is 3.58. The lowest BCUT2D eigenvalue weighted by molar-refractivity contribution is 0.723. The standard InChI is InChI=1S/C12H15N3S/c1-2-13-8-11-5-10(7-14-9-11)6-12-15-3-4-16-12/h3-5,7,9,13H,2,6,8H2,1H3. The van der Waals surface area contributed by atoms with Crippen LogP contribution in [0.3, 0.4) is 0 Å². The van der Waals surface area contributed by atoms with Gasteiger partial charge in [-0.05, 0) is 17.7 Å². The maximum Gasteiger partial charge on any atom is 0.0969 e. The second-order valence-corrected chi connectivity index (χ2v) is 4.56. The molecule has 0 aromatic carbocycles. The molecule has 3 nitrogen and oxygen atoms in total. The van der Waals surface area contributed by atoms with Crippen molar-refractivity contribution in [1.82, 2.24) is 15.3 Å². The van der Waals surface area contributed by atoms with Gasteiger partial charge in [-0.1, -0.05) is 13.0 Å². The third kappa shape index (κ3) is 3.12. The molecule has 1 N–H and O–H groups in total. The van der Waals surface area contributed by atoms with E-state index in [0.717, 1.165) is 24.5 Å². The lowest BCUT2D eigenvalue weighted by atomic mass is 10.1. The molecule has 0 aliphatic carbocycles. The fraction of sp³-hybridized carbons (Fsp3) is 0.333. The van der Waals surface area contributed by atoms with Crippen molar-refractivity contribution in [1.29, 1.82) is 0 Å². The van der Waals surface area contributed by atoms with E-state index in [2.05, 4.69) is 28.3 Å². The van der Waals surface area contributed by atoms with Crippen LogP contribution in [-0.2, 0) is 13.0 Å². The fourth-order valence-electron chi connectivity index (χ4n) is 1.52. The van der Waals surface area contributed by atoms with Crippen LogP contribution < -0.4 is 5.32 Å². The maximum absolute atomic E-state index is 4.28. The molecule has 0 saturated heterocycles. The first-order valence-electron chi connectivity index (χ1n) is 5.40. The first-order valence-corrected chi connectivity index (χ1v) is 6.28. The summed E-state index contributed by atoms with van der Waals surface area (Å²) in [5.41, 5.74) is 2.46. The number of aromatic nitrogens is 2. The predicted molar refractivity (Wildman–Crippen MR) is 66.5 cm³/mol. The lowest BCUT2D eigenvalue weighted by Gasteiger charge is -2.03. The first-order chi connectivity index (χ1) is 7.88. The van der Waals surface area contributed by atoms with E-state index in [9.17, 15) is 0 Å². The topological polar surface area (TPSA) is 37.8 Å². The molecule has 0 atom stereocenters. The van der Waals surface area contributed by atoms with Crippen LogP contribution in [0.5, 0.6) is 0 Å². The summed E-state index contributed by atoms with van der Waals surface area (Å²) >= 11 is 1.69. The van der Waals surface area contributed by atoms with Crippen molar-refractivity contribution in [3.63, 3.8) is 0 Å². The quantitative estimate of drug-likeness (QED) is 0.860. The highest BCUT2D eigenvalue weighted by Gasteiger charge is 2.00. The molecule has 2 aromatic heterocycles. The highest BCUT2D eigenvalue weighted by Crippen LogP contribution is 2.12. The van der Waals surface area contributed by atoms with E-state index in [1.54, 1.807) is 11.3 Å². The van der Waals surface area contributed by atoms with Gasteiger partial charge >= 0.3 is 0 Å². The van der Waals surface area contributed by atoms with E-state index >= 15 is 0 Å². The van der Waals surface area contributed by atoms with Crippen molar-refractivity contribution in [2.75, 3.05) is 6.54 Å². The van der Waals surface area contributed by atoms with Crippen LogP contribution in [0, 0.1) is 0 Å². The molecule has 84 valence electrons. The number of rotatable bonds is 5. The number of thiazole rings is 1. The molecule has 0 unspecified atom stereocenters. The molecule has 0 bridgehead atoms. The predicted octanol–water partition coefficient (Wildman–Crippen LogP) is 2.24. The molecule has 2 aromatic rings. The highest BCUT2D eigenvalue weighted by molar-refractivity contribution is 7.09. The van der Waals surface area contributed by atoms with E-state index < -0.39 is 0 Å². The molecule has 0 aliphatic heterocycles. The van der Waals surface area contributed by atoms with Crippen molar-refractivity contribution < 1.29 is 0 Å². The Hall–Kier alpha value is -1.26. The van der Waals surface area contributed by atoms with Gasteiger partial charge in [0.1, 0.15) is 0 Å². The van der Waals surface area contributed by atoms with Crippen molar-refractivity contribution >= 4 is 11.3 Å². The lowest BCUT2D eigenvalue weighted by Crippen LogP contribution is -2.12. The van der Waals surface area contributed by atoms with Crippen LogP contribution in [0.2, 0.25) is 0 Å². The van der Waals surface area contributed by atoms with Gasteiger partial charge in [-0.25, -0.2) is 4.98 Å². The molecule has 16 heavy (non-hydrogen) atoms. The van der Waals surface area contributed by atoms with E-state index in [1.165, 1.54) is 11.1 Å². The van der Waals surface area contributed by atoms with Gasteiger partial charge in [0.2, 0.25) is 0 Å². The third-order valence-electron chi connectivity index (χ3n) is 2.27. The Kier molecular flexibility index (Phi) is 4.02. The summed E-state index contributed by atoms with van der Waals surface area (Å²) in [4.78, 5) is 8.53. The second kappa shape index (κ2) is 5.72. The Morgan fingerprint density at radius 3 is 2.94 bits per heavy atom. The van der Waals surface area contributed by atoms with Crippen LogP contribution in [0.15, 0.2) is 30.0 Å². The first kappa shape index (κ1) is 11.2. The van der Waals surface area contributed by atoms with Gasteiger partial charge in [-0.3, -0.25) is 4.98 Å². The van der Waals surface area contributed by atoms with Crippen molar-refractivity contribution in [2.45, 2.75) is 19.9 Å². The van der Waals surface area contributed by atoms with Crippen LogP contribution in [0.4, 0.5) is 0 Å². The summed E-state index contributed by atoms with van der Waals surface area (Å²) in [6, 6.07) is 2.19. The van der Waals surface area contributed by atoms with Gasteiger partial charge in [0.15, 0.2) is 0 Å². The normalized spacial score (nSPS) is 10.6. The highest BCUT2D eigenvalue weighted by atomic mass is 32.1. The molecule has 0 spiro atoms. The van der Waals surface area contributed by atoms with Crippen LogP contribution in [0.1, 0.15) is 23.1 Å². The van der Waals surface area contributed by atoms with E-state index in [4.69, 9.17) is 0 Å². The summed E-state index contributed by atoms with van der Waals surface area (Å²) in [6.07, 6.45) is 6.55. The zero-order valence-corrected chi connectivity index (χ0v) is 10.1. The molecule has 0 amide bonds. The molecule has 2 heterocycles. The number of pyridine rings is 1.